The van der Waals surface area contributed by atoms with Gasteiger partial charge in [0, 0.05) is 0 Å². The van der Waals surface area contributed by atoms with Crippen molar-refractivity contribution < 1.29 is 18.3 Å². The summed E-state index contributed by atoms with van der Waals surface area (Å²) in [5, 5.41) is 8.69. The number of sulfonamides is 1. The van der Waals surface area contributed by atoms with Gasteiger partial charge in [-0.2, -0.15) is 0 Å². The zero-order valence-corrected chi connectivity index (χ0v) is 10.5. The van der Waals surface area contributed by atoms with E-state index >= 15 is 0 Å². The number of carboxylic acid groups (broad SMARTS) is 1. The largest absolute Gasteiger partial charge is 0.481 e. The minimum absolute atomic E-state index is 0.261. The third-order valence-corrected chi connectivity index (χ3v) is 3.56. The van der Waals surface area contributed by atoms with Crippen molar-refractivity contribution in [2.45, 2.75) is 13.3 Å². The Morgan fingerprint density at radius 2 is 2.24 bits per heavy atom. The van der Waals surface area contributed by atoms with Gasteiger partial charge in [-0.1, -0.05) is 11.6 Å². The highest BCUT2D eigenvalue weighted by Crippen LogP contribution is 2.17. The van der Waals surface area contributed by atoms with Crippen LogP contribution >= 0.6 is 11.6 Å². The van der Waals surface area contributed by atoms with Crippen LogP contribution in [0, 0.1) is 6.92 Å². The SMILES string of the molecule is Cc1cc(NS(=O)(=O)CCC(=O)O)cnc1Cl. The first-order valence-corrected chi connectivity index (χ1v) is 6.67. The van der Waals surface area contributed by atoms with Crippen molar-refractivity contribution in [1.82, 2.24) is 4.98 Å². The third-order valence-electron chi connectivity index (χ3n) is 1.87. The second kappa shape index (κ2) is 5.33. The van der Waals surface area contributed by atoms with Crippen LogP contribution in [0.2, 0.25) is 5.15 Å². The van der Waals surface area contributed by atoms with Crippen LogP contribution in [0.4, 0.5) is 5.69 Å². The molecule has 0 aliphatic heterocycles. The molecule has 0 radical (unpaired) electrons. The maximum absolute atomic E-state index is 11.5. The number of aliphatic carboxylic acids is 1. The van der Waals surface area contributed by atoms with Crippen molar-refractivity contribution in [2.75, 3.05) is 10.5 Å². The Hall–Kier alpha value is -1.34. The Balaban J connectivity index is 2.76. The Bertz CT molecular complexity index is 530. The number of aromatic nitrogens is 1. The molecular formula is C9H11ClN2O4S. The quantitative estimate of drug-likeness (QED) is 0.791. The molecule has 0 saturated carbocycles. The lowest BCUT2D eigenvalue weighted by atomic mass is 10.3. The number of nitrogens with zero attached hydrogens (tertiary/aromatic N) is 1. The lowest BCUT2D eigenvalue weighted by Gasteiger charge is -2.07. The molecule has 1 aromatic heterocycles. The average molecular weight is 279 g/mol. The minimum Gasteiger partial charge on any atom is -0.481 e. The highest BCUT2D eigenvalue weighted by molar-refractivity contribution is 7.92. The van der Waals surface area contributed by atoms with E-state index < -0.39 is 28.2 Å². The second-order valence-electron chi connectivity index (χ2n) is 3.40. The fraction of sp³-hybridized carbons (Fsp3) is 0.333. The van der Waals surface area contributed by atoms with Gasteiger partial charge in [-0.3, -0.25) is 9.52 Å². The van der Waals surface area contributed by atoms with Gasteiger partial charge in [0.1, 0.15) is 5.15 Å². The lowest BCUT2D eigenvalue weighted by Crippen LogP contribution is -2.19. The first-order chi connectivity index (χ1) is 7.80. The van der Waals surface area contributed by atoms with E-state index in [0.29, 0.717) is 10.7 Å². The number of carbonyl (C=O) groups is 1. The molecular weight excluding hydrogens is 268 g/mol. The van der Waals surface area contributed by atoms with E-state index in [2.05, 4.69) is 9.71 Å². The summed E-state index contributed by atoms with van der Waals surface area (Å²) < 4.78 is 25.2. The zero-order chi connectivity index (χ0) is 13.1. The number of nitrogens with one attached hydrogen (secondary N) is 1. The molecule has 0 saturated heterocycles. The van der Waals surface area contributed by atoms with Gasteiger partial charge in [0.15, 0.2) is 0 Å². The van der Waals surface area contributed by atoms with Crippen LogP contribution in [0.15, 0.2) is 12.3 Å². The molecule has 0 aliphatic carbocycles. The number of hydrogen-bond donors (Lipinski definition) is 2. The molecule has 0 bridgehead atoms. The number of halogens is 1. The van der Waals surface area contributed by atoms with Gasteiger partial charge < -0.3 is 5.11 Å². The van der Waals surface area contributed by atoms with Crippen molar-refractivity contribution >= 4 is 33.3 Å². The molecule has 2 N–H and O–H groups in total. The molecule has 1 rings (SSSR count). The van der Waals surface area contributed by atoms with Crippen LogP contribution in [-0.4, -0.2) is 30.2 Å². The standard InChI is InChI=1S/C9H11ClN2O4S/c1-6-4-7(5-11-9(6)10)12-17(15,16)3-2-8(13)14/h4-5,12H,2-3H2,1H3,(H,13,14). The van der Waals surface area contributed by atoms with Gasteiger partial charge in [-0.25, -0.2) is 13.4 Å². The molecule has 0 amide bonds. The fourth-order valence-electron chi connectivity index (χ4n) is 1.07. The van der Waals surface area contributed by atoms with E-state index in [0.717, 1.165) is 0 Å². The predicted octanol–water partition coefficient (Wildman–Crippen LogP) is 1.26. The Morgan fingerprint density at radius 3 is 2.76 bits per heavy atom. The molecule has 17 heavy (non-hydrogen) atoms. The van der Waals surface area contributed by atoms with E-state index in [1.54, 1.807) is 6.92 Å². The number of aryl methyl sites for hydroxylation is 1. The van der Waals surface area contributed by atoms with E-state index in [4.69, 9.17) is 16.7 Å². The van der Waals surface area contributed by atoms with Crippen LogP contribution in [0.1, 0.15) is 12.0 Å². The Labute approximate surface area is 104 Å². The van der Waals surface area contributed by atoms with E-state index in [9.17, 15) is 13.2 Å². The van der Waals surface area contributed by atoms with Gasteiger partial charge in [0.25, 0.3) is 0 Å². The summed E-state index contributed by atoms with van der Waals surface area (Å²) in [5.41, 5.74) is 0.891. The van der Waals surface area contributed by atoms with Crippen molar-refractivity contribution in [3.05, 3.63) is 23.0 Å². The minimum atomic E-state index is -3.67. The monoisotopic (exact) mass is 278 g/mol. The normalized spacial score (nSPS) is 11.2. The van der Waals surface area contributed by atoms with Gasteiger partial charge in [0.05, 0.1) is 24.1 Å². The smallest absolute Gasteiger partial charge is 0.304 e. The molecule has 0 aliphatic rings. The second-order valence-corrected chi connectivity index (χ2v) is 5.60. The third kappa shape index (κ3) is 4.58. The molecule has 1 aromatic rings. The number of hydrogen-bond acceptors (Lipinski definition) is 4. The summed E-state index contributed by atoms with van der Waals surface area (Å²) in [6.07, 6.45) is 0.822. The van der Waals surface area contributed by atoms with E-state index in [1.807, 2.05) is 0 Å². The molecule has 0 unspecified atom stereocenters. The summed E-state index contributed by atoms with van der Waals surface area (Å²) in [4.78, 5) is 14.1. The number of anilines is 1. The topological polar surface area (TPSA) is 96.4 Å². The molecule has 1 heterocycles. The van der Waals surface area contributed by atoms with Crippen molar-refractivity contribution in [3.8, 4) is 0 Å². The molecule has 0 atom stereocenters. The summed E-state index contributed by atoms with van der Waals surface area (Å²) >= 11 is 5.69. The first-order valence-electron chi connectivity index (χ1n) is 4.64. The highest BCUT2D eigenvalue weighted by atomic mass is 35.5. The van der Waals surface area contributed by atoms with Crippen LogP contribution < -0.4 is 4.72 Å². The summed E-state index contributed by atoms with van der Waals surface area (Å²) in [6, 6.07) is 1.52. The van der Waals surface area contributed by atoms with Crippen LogP contribution in [0.25, 0.3) is 0 Å². The Kier molecular flexibility index (Phi) is 4.30. The summed E-state index contributed by atoms with van der Waals surface area (Å²) in [7, 11) is -3.67. The van der Waals surface area contributed by atoms with Gasteiger partial charge in [-0.15, -0.1) is 0 Å². The Morgan fingerprint density at radius 1 is 1.59 bits per heavy atom. The van der Waals surface area contributed by atoms with Gasteiger partial charge >= 0.3 is 5.97 Å². The molecule has 0 spiro atoms. The maximum Gasteiger partial charge on any atom is 0.304 e. The summed E-state index contributed by atoms with van der Waals surface area (Å²) in [5.74, 6) is -1.65. The van der Waals surface area contributed by atoms with Crippen molar-refractivity contribution in [3.63, 3.8) is 0 Å². The van der Waals surface area contributed by atoms with Crippen molar-refractivity contribution in [2.24, 2.45) is 0 Å². The number of pyridine rings is 1. The van der Waals surface area contributed by atoms with Crippen LogP contribution in [-0.2, 0) is 14.8 Å². The summed E-state index contributed by atoms with van der Waals surface area (Å²) in [6.45, 7) is 1.68. The molecule has 0 aromatic carbocycles. The van der Waals surface area contributed by atoms with E-state index in [1.165, 1.54) is 12.3 Å². The maximum atomic E-state index is 11.5. The van der Waals surface area contributed by atoms with Crippen LogP contribution in [0.3, 0.4) is 0 Å². The lowest BCUT2D eigenvalue weighted by molar-refractivity contribution is -0.136. The van der Waals surface area contributed by atoms with E-state index in [-0.39, 0.29) is 5.69 Å². The number of carboxylic acids is 1. The average Bonchev–Trinajstić information content (AvgIpc) is 2.21. The number of rotatable bonds is 5. The molecule has 8 heteroatoms. The molecule has 6 nitrogen and oxygen atoms in total. The zero-order valence-electron chi connectivity index (χ0n) is 8.97. The van der Waals surface area contributed by atoms with Gasteiger partial charge in [-0.05, 0) is 18.6 Å². The fourth-order valence-corrected chi connectivity index (χ4v) is 2.19. The predicted molar refractivity (Wildman–Crippen MR) is 63.6 cm³/mol. The highest BCUT2D eigenvalue weighted by Gasteiger charge is 2.13. The molecule has 0 fully saturated rings. The van der Waals surface area contributed by atoms with Gasteiger partial charge in [0.2, 0.25) is 10.0 Å². The molecule has 94 valence electrons. The van der Waals surface area contributed by atoms with Crippen molar-refractivity contribution in [1.29, 1.82) is 0 Å². The van der Waals surface area contributed by atoms with Crippen LogP contribution in [0.5, 0.6) is 0 Å². The first kappa shape index (κ1) is 13.7.